The van der Waals surface area contributed by atoms with Gasteiger partial charge in [0.15, 0.2) is 0 Å². The van der Waals surface area contributed by atoms with E-state index in [0.717, 1.165) is 24.3 Å². The van der Waals surface area contributed by atoms with Crippen molar-refractivity contribution in [1.82, 2.24) is 4.57 Å². The van der Waals surface area contributed by atoms with Crippen LogP contribution in [0, 0.1) is 0 Å². The number of hydrogen-bond donors (Lipinski definition) is 1. The molecule has 1 unspecified atom stereocenters. The second kappa shape index (κ2) is 5.23. The van der Waals surface area contributed by atoms with Gasteiger partial charge in [-0.25, -0.2) is 0 Å². The lowest BCUT2D eigenvalue weighted by molar-refractivity contribution is 0.265. The van der Waals surface area contributed by atoms with Gasteiger partial charge in [0.2, 0.25) is 0 Å². The minimum atomic E-state index is 0.0858. The first-order chi connectivity index (χ1) is 8.26. The van der Waals surface area contributed by atoms with E-state index in [2.05, 4.69) is 24.5 Å². The highest BCUT2D eigenvalue weighted by Crippen LogP contribution is 2.21. The molecular weight excluding hydrogens is 214 g/mol. The molecule has 0 fully saturated rings. The largest absolute Gasteiger partial charge is 0.469 e. The van der Waals surface area contributed by atoms with Crippen molar-refractivity contribution in [3.8, 4) is 0 Å². The second-order valence-electron chi connectivity index (χ2n) is 4.36. The van der Waals surface area contributed by atoms with Gasteiger partial charge in [-0.15, -0.1) is 0 Å². The summed E-state index contributed by atoms with van der Waals surface area (Å²) in [6, 6.07) is 8.34. The molecule has 0 spiro atoms. The van der Waals surface area contributed by atoms with Gasteiger partial charge in [0.25, 0.3) is 0 Å². The SMILES string of the molecule is CCC(C)n1c(CO)ccc1Cc1ccco1. The van der Waals surface area contributed by atoms with E-state index in [9.17, 15) is 5.11 Å². The van der Waals surface area contributed by atoms with Gasteiger partial charge in [-0.2, -0.15) is 0 Å². The molecular formula is C14H19NO2. The van der Waals surface area contributed by atoms with Crippen LogP contribution in [0.15, 0.2) is 34.9 Å². The lowest BCUT2D eigenvalue weighted by atomic mass is 10.2. The monoisotopic (exact) mass is 233 g/mol. The van der Waals surface area contributed by atoms with Crippen molar-refractivity contribution in [3.05, 3.63) is 47.7 Å². The molecule has 0 amide bonds. The molecule has 1 N–H and O–H groups in total. The second-order valence-corrected chi connectivity index (χ2v) is 4.36. The Kier molecular flexibility index (Phi) is 3.69. The summed E-state index contributed by atoms with van der Waals surface area (Å²) in [7, 11) is 0. The Bertz CT molecular complexity index is 457. The van der Waals surface area contributed by atoms with Crippen LogP contribution in [0.2, 0.25) is 0 Å². The highest BCUT2D eigenvalue weighted by Gasteiger charge is 2.13. The van der Waals surface area contributed by atoms with Crippen LogP contribution in [0.25, 0.3) is 0 Å². The molecule has 3 heteroatoms. The summed E-state index contributed by atoms with van der Waals surface area (Å²) >= 11 is 0. The third-order valence-electron chi connectivity index (χ3n) is 3.22. The van der Waals surface area contributed by atoms with Crippen LogP contribution in [0.5, 0.6) is 0 Å². The van der Waals surface area contributed by atoms with Crippen LogP contribution in [0.3, 0.4) is 0 Å². The fraction of sp³-hybridized carbons (Fsp3) is 0.429. The quantitative estimate of drug-likeness (QED) is 0.861. The van der Waals surface area contributed by atoms with Crippen LogP contribution in [-0.4, -0.2) is 9.67 Å². The zero-order valence-electron chi connectivity index (χ0n) is 10.4. The van der Waals surface area contributed by atoms with Crippen molar-refractivity contribution >= 4 is 0 Å². The predicted octanol–water partition coefficient (Wildman–Crippen LogP) is 3.14. The molecule has 2 heterocycles. The van der Waals surface area contributed by atoms with Gasteiger partial charge in [0, 0.05) is 23.9 Å². The van der Waals surface area contributed by atoms with E-state index >= 15 is 0 Å². The number of aromatic nitrogens is 1. The highest BCUT2D eigenvalue weighted by molar-refractivity contribution is 5.21. The van der Waals surface area contributed by atoms with Crippen LogP contribution < -0.4 is 0 Å². The van der Waals surface area contributed by atoms with Crippen molar-refractivity contribution in [2.75, 3.05) is 0 Å². The normalized spacial score (nSPS) is 12.9. The standard InChI is InChI=1S/C14H19NO2/c1-3-11(2)15-12(6-7-13(15)10-16)9-14-5-4-8-17-14/h4-8,11,16H,3,9-10H2,1-2H3. The van der Waals surface area contributed by atoms with Crippen molar-refractivity contribution in [2.24, 2.45) is 0 Å². The Balaban J connectivity index is 2.30. The van der Waals surface area contributed by atoms with E-state index < -0.39 is 0 Å². The Morgan fingerprint density at radius 1 is 1.29 bits per heavy atom. The first kappa shape index (κ1) is 12.0. The zero-order valence-corrected chi connectivity index (χ0v) is 10.4. The van der Waals surface area contributed by atoms with Gasteiger partial charge in [-0.1, -0.05) is 6.92 Å². The van der Waals surface area contributed by atoms with E-state index in [-0.39, 0.29) is 6.61 Å². The Labute approximate surface area is 102 Å². The summed E-state index contributed by atoms with van der Waals surface area (Å²) in [6.45, 7) is 4.41. The van der Waals surface area contributed by atoms with Gasteiger partial charge in [-0.05, 0) is 37.6 Å². The van der Waals surface area contributed by atoms with E-state index in [4.69, 9.17) is 4.42 Å². The molecule has 3 nitrogen and oxygen atoms in total. The maximum Gasteiger partial charge on any atom is 0.109 e. The zero-order chi connectivity index (χ0) is 12.3. The third-order valence-corrected chi connectivity index (χ3v) is 3.22. The molecule has 0 bridgehead atoms. The van der Waals surface area contributed by atoms with Gasteiger partial charge >= 0.3 is 0 Å². The summed E-state index contributed by atoms with van der Waals surface area (Å²) in [4.78, 5) is 0. The first-order valence-corrected chi connectivity index (χ1v) is 6.08. The molecule has 0 aromatic carbocycles. The van der Waals surface area contributed by atoms with Gasteiger partial charge < -0.3 is 14.1 Å². The Hall–Kier alpha value is -1.48. The van der Waals surface area contributed by atoms with E-state index in [1.54, 1.807) is 6.26 Å². The molecule has 2 rings (SSSR count). The molecule has 2 aromatic rings. The van der Waals surface area contributed by atoms with Gasteiger partial charge in [0.05, 0.1) is 12.9 Å². The van der Waals surface area contributed by atoms with E-state index in [1.807, 2.05) is 18.2 Å². The number of aliphatic hydroxyl groups is 1. The lowest BCUT2D eigenvalue weighted by Gasteiger charge is -2.18. The third kappa shape index (κ3) is 2.44. The molecule has 0 aliphatic rings. The van der Waals surface area contributed by atoms with Gasteiger partial charge in [0.1, 0.15) is 5.76 Å². The summed E-state index contributed by atoms with van der Waals surface area (Å²) in [5, 5.41) is 9.36. The fourth-order valence-corrected chi connectivity index (χ4v) is 2.15. The number of rotatable bonds is 5. The Morgan fingerprint density at radius 2 is 2.06 bits per heavy atom. The summed E-state index contributed by atoms with van der Waals surface area (Å²) in [5.74, 6) is 0.956. The average molecular weight is 233 g/mol. The molecule has 1 atom stereocenters. The summed E-state index contributed by atoms with van der Waals surface area (Å²) in [5.41, 5.74) is 2.17. The molecule has 2 aromatic heterocycles. The van der Waals surface area contributed by atoms with E-state index in [1.165, 1.54) is 5.69 Å². The number of hydrogen-bond acceptors (Lipinski definition) is 2. The maximum absolute atomic E-state index is 9.36. The van der Waals surface area contributed by atoms with Crippen molar-refractivity contribution in [2.45, 2.75) is 39.3 Å². The van der Waals surface area contributed by atoms with Crippen molar-refractivity contribution in [1.29, 1.82) is 0 Å². The topological polar surface area (TPSA) is 38.3 Å². The number of aliphatic hydroxyl groups excluding tert-OH is 1. The predicted molar refractivity (Wildman–Crippen MR) is 66.9 cm³/mol. The average Bonchev–Trinajstić information content (AvgIpc) is 2.98. The van der Waals surface area contributed by atoms with Crippen LogP contribution >= 0.6 is 0 Å². The maximum atomic E-state index is 9.36. The number of furan rings is 1. The molecule has 17 heavy (non-hydrogen) atoms. The minimum absolute atomic E-state index is 0.0858. The van der Waals surface area contributed by atoms with Gasteiger partial charge in [-0.3, -0.25) is 0 Å². The molecule has 0 aliphatic carbocycles. The molecule has 0 saturated heterocycles. The smallest absolute Gasteiger partial charge is 0.109 e. The molecule has 0 saturated carbocycles. The van der Waals surface area contributed by atoms with Crippen LogP contribution in [0.1, 0.15) is 43.5 Å². The molecule has 0 aliphatic heterocycles. The number of nitrogens with zero attached hydrogens (tertiary/aromatic N) is 1. The highest BCUT2D eigenvalue weighted by atomic mass is 16.3. The molecule has 92 valence electrons. The first-order valence-electron chi connectivity index (χ1n) is 6.08. The summed E-state index contributed by atoms with van der Waals surface area (Å²) in [6.07, 6.45) is 3.52. The lowest BCUT2D eigenvalue weighted by Crippen LogP contribution is -2.11. The van der Waals surface area contributed by atoms with Crippen LogP contribution in [-0.2, 0) is 13.0 Å². The fourth-order valence-electron chi connectivity index (χ4n) is 2.15. The van der Waals surface area contributed by atoms with Crippen LogP contribution in [0.4, 0.5) is 0 Å². The minimum Gasteiger partial charge on any atom is -0.469 e. The van der Waals surface area contributed by atoms with E-state index in [0.29, 0.717) is 6.04 Å². The summed E-state index contributed by atoms with van der Waals surface area (Å²) < 4.78 is 7.58. The van der Waals surface area contributed by atoms with Crippen molar-refractivity contribution < 1.29 is 9.52 Å². The Morgan fingerprint density at radius 3 is 2.65 bits per heavy atom. The van der Waals surface area contributed by atoms with Crippen molar-refractivity contribution in [3.63, 3.8) is 0 Å². The molecule has 0 radical (unpaired) electrons.